The maximum atomic E-state index is 11.8. The highest BCUT2D eigenvalue weighted by Crippen LogP contribution is 2.51. The molecule has 5 heteroatoms. The lowest BCUT2D eigenvalue weighted by atomic mass is 10.1. The number of aryl methyl sites for hydroxylation is 1. The first-order valence-corrected chi connectivity index (χ1v) is 6.66. The Bertz CT molecular complexity index is 344. The van der Waals surface area contributed by atoms with E-state index in [1.165, 1.54) is 14.2 Å². The van der Waals surface area contributed by atoms with Gasteiger partial charge in [0.1, 0.15) is 0 Å². The van der Waals surface area contributed by atoms with Crippen LogP contribution in [0.3, 0.4) is 0 Å². The topological polar surface area (TPSA) is 55.8 Å². The van der Waals surface area contributed by atoms with Crippen LogP contribution in [0.4, 0.5) is 0 Å². The second-order valence-electron chi connectivity index (χ2n) is 3.41. The molecule has 90 valence electrons. The van der Waals surface area contributed by atoms with Crippen LogP contribution in [0.25, 0.3) is 0 Å². The lowest BCUT2D eigenvalue weighted by molar-refractivity contribution is 0.168. The number of hydrogen-bond acceptors (Lipinski definition) is 4. The second-order valence-corrected chi connectivity index (χ2v) is 5.82. The minimum absolute atomic E-state index is 0.350. The summed E-state index contributed by atoms with van der Waals surface area (Å²) >= 11 is 0. The fourth-order valence-corrected chi connectivity index (χ4v) is 2.50. The van der Waals surface area contributed by atoms with E-state index in [4.69, 9.17) is 9.05 Å². The van der Waals surface area contributed by atoms with Crippen molar-refractivity contribution in [3.63, 3.8) is 0 Å². The molecule has 0 aliphatic carbocycles. The highest BCUT2D eigenvalue weighted by molar-refractivity contribution is 7.54. The van der Waals surface area contributed by atoms with Crippen molar-refractivity contribution in [3.05, 3.63) is 35.9 Å². The van der Waals surface area contributed by atoms with Gasteiger partial charge in [-0.3, -0.25) is 4.57 Å². The van der Waals surface area contributed by atoms with E-state index in [9.17, 15) is 9.67 Å². The number of rotatable bonds is 6. The van der Waals surface area contributed by atoms with Crippen molar-refractivity contribution in [2.75, 3.05) is 14.2 Å². The van der Waals surface area contributed by atoms with E-state index in [1.54, 1.807) is 0 Å². The zero-order chi connectivity index (χ0) is 12.0. The number of benzene rings is 1. The predicted molar refractivity (Wildman–Crippen MR) is 62.4 cm³/mol. The van der Waals surface area contributed by atoms with Gasteiger partial charge in [-0.1, -0.05) is 30.3 Å². The summed E-state index contributed by atoms with van der Waals surface area (Å²) in [7, 11) is -0.806. The Morgan fingerprint density at radius 1 is 1.25 bits per heavy atom. The highest BCUT2D eigenvalue weighted by atomic mass is 31.2. The van der Waals surface area contributed by atoms with Gasteiger partial charge >= 0.3 is 7.60 Å². The van der Waals surface area contributed by atoms with Crippen LogP contribution in [0.1, 0.15) is 12.0 Å². The van der Waals surface area contributed by atoms with Gasteiger partial charge in [-0.25, -0.2) is 0 Å². The van der Waals surface area contributed by atoms with Gasteiger partial charge < -0.3 is 14.2 Å². The van der Waals surface area contributed by atoms with Crippen molar-refractivity contribution in [2.45, 2.75) is 18.7 Å². The molecular weight excluding hydrogens is 227 g/mol. The molecule has 1 atom stereocenters. The highest BCUT2D eigenvalue weighted by Gasteiger charge is 2.31. The Labute approximate surface area is 95.7 Å². The monoisotopic (exact) mass is 244 g/mol. The number of hydrogen-bond donors (Lipinski definition) is 1. The average Bonchev–Trinajstić information content (AvgIpc) is 2.36. The van der Waals surface area contributed by atoms with Gasteiger partial charge in [0.15, 0.2) is 5.85 Å². The zero-order valence-electron chi connectivity index (χ0n) is 9.50. The summed E-state index contributed by atoms with van der Waals surface area (Å²) in [5, 5.41) is 9.72. The van der Waals surface area contributed by atoms with Gasteiger partial charge in [0.05, 0.1) is 0 Å². The van der Waals surface area contributed by atoms with E-state index in [0.717, 1.165) is 5.56 Å². The molecule has 0 radical (unpaired) electrons. The third kappa shape index (κ3) is 3.42. The molecule has 0 fully saturated rings. The van der Waals surface area contributed by atoms with Crippen molar-refractivity contribution >= 4 is 7.60 Å². The first kappa shape index (κ1) is 13.4. The Kier molecular flexibility index (Phi) is 5.16. The van der Waals surface area contributed by atoms with Gasteiger partial charge in [-0.2, -0.15) is 0 Å². The molecule has 1 N–H and O–H groups in total. The Balaban J connectivity index is 2.53. The van der Waals surface area contributed by atoms with Gasteiger partial charge in [0.2, 0.25) is 0 Å². The molecule has 1 aromatic carbocycles. The van der Waals surface area contributed by atoms with Crippen LogP contribution in [0.2, 0.25) is 0 Å². The van der Waals surface area contributed by atoms with Crippen molar-refractivity contribution in [2.24, 2.45) is 0 Å². The van der Waals surface area contributed by atoms with E-state index in [2.05, 4.69) is 0 Å². The quantitative estimate of drug-likeness (QED) is 0.781. The molecule has 4 nitrogen and oxygen atoms in total. The summed E-state index contributed by atoms with van der Waals surface area (Å²) in [5.74, 6) is -1.08. The van der Waals surface area contributed by atoms with Gasteiger partial charge in [-0.15, -0.1) is 0 Å². The molecular formula is C11H17O4P. The third-order valence-corrected chi connectivity index (χ3v) is 4.41. The van der Waals surface area contributed by atoms with E-state index >= 15 is 0 Å². The first-order chi connectivity index (χ1) is 7.62. The summed E-state index contributed by atoms with van der Waals surface area (Å²) in [6.45, 7) is 0. The molecule has 0 bridgehead atoms. The molecule has 1 rings (SSSR count). The van der Waals surface area contributed by atoms with Crippen molar-refractivity contribution in [3.8, 4) is 0 Å². The minimum Gasteiger partial charge on any atom is -0.380 e. The van der Waals surface area contributed by atoms with Crippen LogP contribution in [0.15, 0.2) is 30.3 Å². The van der Waals surface area contributed by atoms with Crippen molar-refractivity contribution in [1.29, 1.82) is 0 Å². The smallest absolute Gasteiger partial charge is 0.358 e. The van der Waals surface area contributed by atoms with E-state index < -0.39 is 13.4 Å². The Morgan fingerprint density at radius 3 is 2.31 bits per heavy atom. The van der Waals surface area contributed by atoms with Crippen molar-refractivity contribution in [1.82, 2.24) is 0 Å². The zero-order valence-corrected chi connectivity index (χ0v) is 10.4. The number of aliphatic hydroxyl groups excluding tert-OH is 1. The molecule has 0 spiro atoms. The number of aliphatic hydroxyl groups is 1. The van der Waals surface area contributed by atoms with E-state index in [1.807, 2.05) is 30.3 Å². The normalized spacial score (nSPS) is 13.7. The van der Waals surface area contributed by atoms with Crippen LogP contribution in [-0.4, -0.2) is 25.2 Å². The molecule has 0 saturated carbocycles. The largest absolute Gasteiger partial charge is 0.380 e. The summed E-state index contributed by atoms with van der Waals surface area (Å²) in [4.78, 5) is 0. The minimum atomic E-state index is -3.35. The van der Waals surface area contributed by atoms with Gasteiger partial charge in [0.25, 0.3) is 0 Å². The molecule has 0 aliphatic rings. The SMILES string of the molecule is COP(=O)(OC)[C@@H](O)CCc1ccccc1. The predicted octanol–water partition coefficient (Wildman–Crippen LogP) is 2.42. The standard InChI is InChI=1S/C11H17O4P/c1-14-16(13,15-2)11(12)9-8-10-6-4-3-5-7-10/h3-7,11-12H,8-9H2,1-2H3/t11-/m1/s1. The maximum Gasteiger partial charge on any atom is 0.358 e. The van der Waals surface area contributed by atoms with Crippen LogP contribution >= 0.6 is 7.60 Å². The lowest BCUT2D eigenvalue weighted by Gasteiger charge is -2.19. The molecule has 1 aromatic rings. The molecule has 0 unspecified atom stereocenters. The molecule has 0 saturated heterocycles. The first-order valence-electron chi connectivity index (χ1n) is 5.05. The van der Waals surface area contributed by atoms with Crippen LogP contribution in [0.5, 0.6) is 0 Å². The van der Waals surface area contributed by atoms with Gasteiger partial charge in [0, 0.05) is 14.2 Å². The summed E-state index contributed by atoms with van der Waals surface area (Å²) < 4.78 is 21.2. The second kappa shape index (κ2) is 6.16. The summed E-state index contributed by atoms with van der Waals surface area (Å²) in [6, 6.07) is 9.69. The molecule has 0 aromatic heterocycles. The Hall–Kier alpha value is -0.670. The van der Waals surface area contributed by atoms with Crippen LogP contribution in [-0.2, 0) is 20.0 Å². The fraction of sp³-hybridized carbons (Fsp3) is 0.455. The molecule has 16 heavy (non-hydrogen) atoms. The van der Waals surface area contributed by atoms with Gasteiger partial charge in [-0.05, 0) is 18.4 Å². The van der Waals surface area contributed by atoms with Crippen molar-refractivity contribution < 1.29 is 18.7 Å². The molecule has 0 heterocycles. The average molecular weight is 244 g/mol. The third-order valence-electron chi connectivity index (χ3n) is 2.41. The summed E-state index contributed by atoms with van der Waals surface area (Å²) in [5.41, 5.74) is 1.08. The van der Waals surface area contributed by atoms with Crippen LogP contribution in [0, 0.1) is 0 Å². The van der Waals surface area contributed by atoms with E-state index in [-0.39, 0.29) is 0 Å². The van der Waals surface area contributed by atoms with E-state index in [0.29, 0.717) is 12.8 Å². The molecule has 0 amide bonds. The Morgan fingerprint density at radius 2 is 1.81 bits per heavy atom. The lowest BCUT2D eigenvalue weighted by Crippen LogP contribution is -2.11. The summed E-state index contributed by atoms with van der Waals surface area (Å²) in [6.07, 6.45) is 0.988. The fourth-order valence-electron chi connectivity index (χ4n) is 1.42. The maximum absolute atomic E-state index is 11.8. The van der Waals surface area contributed by atoms with Crippen LogP contribution < -0.4 is 0 Å². The molecule has 0 aliphatic heterocycles.